The topological polar surface area (TPSA) is 42.5 Å². The molecule has 0 aliphatic carbocycles. The van der Waals surface area contributed by atoms with Gasteiger partial charge in [0.1, 0.15) is 6.61 Å². The van der Waals surface area contributed by atoms with Crippen LogP contribution >= 0.6 is 39.1 Å². The fraction of sp³-hybridized carbons (Fsp3) is 0.400. The second-order valence-electron chi connectivity index (χ2n) is 6.00. The van der Waals surface area contributed by atoms with Gasteiger partial charge in [0.15, 0.2) is 11.5 Å². The van der Waals surface area contributed by atoms with Crippen LogP contribution in [0.2, 0.25) is 10.0 Å². The number of benzene rings is 2. The van der Waals surface area contributed by atoms with Gasteiger partial charge in [-0.05, 0) is 79.2 Å². The maximum Gasteiger partial charge on any atom is 0.175 e. The van der Waals surface area contributed by atoms with E-state index in [1.165, 1.54) is 0 Å². The highest BCUT2D eigenvalue weighted by Crippen LogP contribution is 2.38. The number of hydrogen-bond acceptors (Lipinski definition) is 4. The molecule has 0 aliphatic rings. The Hall–Kier alpha value is -0.980. The molecular formula is C20H25BrCl2N2O2. The second kappa shape index (κ2) is 11.8. The van der Waals surface area contributed by atoms with Crippen molar-refractivity contribution in [3.63, 3.8) is 0 Å². The van der Waals surface area contributed by atoms with Gasteiger partial charge in [-0.2, -0.15) is 0 Å². The predicted octanol–water partition coefficient (Wildman–Crippen LogP) is 5.43. The minimum absolute atomic E-state index is 0.330. The van der Waals surface area contributed by atoms with Crippen molar-refractivity contribution in [2.45, 2.75) is 26.5 Å². The lowest BCUT2D eigenvalue weighted by Crippen LogP contribution is -2.19. The molecule has 0 radical (unpaired) electrons. The molecule has 27 heavy (non-hydrogen) atoms. The van der Waals surface area contributed by atoms with Gasteiger partial charge in [0, 0.05) is 22.2 Å². The number of halogens is 3. The zero-order valence-electron chi connectivity index (χ0n) is 15.6. The quantitative estimate of drug-likeness (QED) is 0.425. The third kappa shape index (κ3) is 7.16. The highest BCUT2D eigenvalue weighted by atomic mass is 79.9. The summed E-state index contributed by atoms with van der Waals surface area (Å²) in [5.74, 6) is 1.38. The smallest absolute Gasteiger partial charge is 0.175 e. The Kier molecular flexibility index (Phi) is 9.73. The highest BCUT2D eigenvalue weighted by molar-refractivity contribution is 9.10. The Balaban J connectivity index is 2.08. The maximum absolute atomic E-state index is 6.23. The van der Waals surface area contributed by atoms with Crippen molar-refractivity contribution in [3.8, 4) is 11.5 Å². The van der Waals surface area contributed by atoms with Crippen LogP contribution in [-0.2, 0) is 13.2 Å². The van der Waals surface area contributed by atoms with E-state index >= 15 is 0 Å². The zero-order valence-corrected chi connectivity index (χ0v) is 18.7. The Labute approximate surface area is 179 Å². The summed E-state index contributed by atoms with van der Waals surface area (Å²) in [6.45, 7) is 5.57. The molecule has 0 saturated heterocycles. The van der Waals surface area contributed by atoms with E-state index in [1.54, 1.807) is 12.1 Å². The summed E-state index contributed by atoms with van der Waals surface area (Å²) in [4.78, 5) is 0. The molecule has 0 unspecified atom stereocenters. The molecule has 0 heterocycles. The summed E-state index contributed by atoms with van der Waals surface area (Å²) in [5, 5.41) is 7.76. The molecule has 0 bridgehead atoms. The largest absolute Gasteiger partial charge is 0.490 e. The molecule has 2 rings (SSSR count). The van der Waals surface area contributed by atoms with E-state index in [-0.39, 0.29) is 0 Å². The first kappa shape index (κ1) is 22.3. The van der Waals surface area contributed by atoms with Gasteiger partial charge in [-0.15, -0.1) is 0 Å². The molecular weight excluding hydrogens is 451 g/mol. The van der Waals surface area contributed by atoms with Crippen molar-refractivity contribution < 1.29 is 9.47 Å². The number of nitrogens with one attached hydrogen (secondary N) is 2. The fourth-order valence-corrected chi connectivity index (χ4v) is 3.60. The molecule has 2 aromatic carbocycles. The number of hydrogen-bond donors (Lipinski definition) is 2. The van der Waals surface area contributed by atoms with E-state index in [2.05, 4.69) is 26.6 Å². The molecule has 0 saturated carbocycles. The van der Waals surface area contributed by atoms with Crippen LogP contribution in [0.4, 0.5) is 0 Å². The van der Waals surface area contributed by atoms with Gasteiger partial charge in [0.2, 0.25) is 0 Å². The van der Waals surface area contributed by atoms with Gasteiger partial charge >= 0.3 is 0 Å². The van der Waals surface area contributed by atoms with Gasteiger partial charge in [-0.25, -0.2) is 0 Å². The van der Waals surface area contributed by atoms with Crippen molar-refractivity contribution in [3.05, 3.63) is 56.0 Å². The molecule has 0 atom stereocenters. The van der Waals surface area contributed by atoms with E-state index < -0.39 is 0 Å². The summed E-state index contributed by atoms with van der Waals surface area (Å²) in [5.41, 5.74) is 2.00. The molecule has 0 fully saturated rings. The van der Waals surface area contributed by atoms with Crippen LogP contribution in [0.5, 0.6) is 11.5 Å². The van der Waals surface area contributed by atoms with E-state index in [1.807, 2.05) is 32.2 Å². The van der Waals surface area contributed by atoms with Gasteiger partial charge in [-0.1, -0.05) is 29.3 Å². The van der Waals surface area contributed by atoms with Gasteiger partial charge in [-0.3, -0.25) is 0 Å². The molecule has 4 nitrogen and oxygen atoms in total. The average Bonchev–Trinajstić information content (AvgIpc) is 2.62. The standard InChI is InChI=1S/C20H25BrCl2N2O2/c1-3-26-19-10-14(12-25-8-4-7-24-2)9-17(21)20(19)27-13-15-5-6-16(22)11-18(15)23/h5-6,9-11,24-25H,3-4,7-8,12-13H2,1-2H3. The SMILES string of the molecule is CCOc1cc(CNCCCNC)cc(Br)c1OCc1ccc(Cl)cc1Cl. The first-order valence-electron chi connectivity index (χ1n) is 8.92. The van der Waals surface area contributed by atoms with Crippen molar-refractivity contribution in [1.29, 1.82) is 0 Å². The summed E-state index contributed by atoms with van der Waals surface area (Å²) < 4.78 is 12.7. The Morgan fingerprint density at radius 2 is 1.89 bits per heavy atom. The molecule has 7 heteroatoms. The Morgan fingerprint density at radius 1 is 1.07 bits per heavy atom. The van der Waals surface area contributed by atoms with E-state index in [0.717, 1.165) is 41.7 Å². The Bertz CT molecular complexity index is 744. The normalized spacial score (nSPS) is 10.9. The van der Waals surface area contributed by atoms with E-state index in [4.69, 9.17) is 32.7 Å². The monoisotopic (exact) mass is 474 g/mol. The lowest BCUT2D eigenvalue weighted by molar-refractivity contribution is 0.267. The second-order valence-corrected chi connectivity index (χ2v) is 7.69. The molecule has 2 aromatic rings. The highest BCUT2D eigenvalue weighted by Gasteiger charge is 2.13. The van der Waals surface area contributed by atoms with Crippen molar-refractivity contribution in [2.75, 3.05) is 26.7 Å². The molecule has 2 N–H and O–H groups in total. The third-order valence-electron chi connectivity index (χ3n) is 3.87. The van der Waals surface area contributed by atoms with Crippen LogP contribution < -0.4 is 20.1 Å². The van der Waals surface area contributed by atoms with E-state index in [0.29, 0.717) is 34.8 Å². The van der Waals surface area contributed by atoms with Crippen molar-refractivity contribution >= 4 is 39.1 Å². The maximum atomic E-state index is 6.23. The van der Waals surface area contributed by atoms with Crippen LogP contribution in [-0.4, -0.2) is 26.7 Å². The fourth-order valence-electron chi connectivity index (χ4n) is 2.54. The van der Waals surface area contributed by atoms with Crippen molar-refractivity contribution in [1.82, 2.24) is 10.6 Å². The van der Waals surface area contributed by atoms with Crippen molar-refractivity contribution in [2.24, 2.45) is 0 Å². The van der Waals surface area contributed by atoms with E-state index in [9.17, 15) is 0 Å². The first-order chi connectivity index (χ1) is 13.0. The lowest BCUT2D eigenvalue weighted by atomic mass is 10.2. The molecule has 0 amide bonds. The first-order valence-corrected chi connectivity index (χ1v) is 10.5. The number of ether oxygens (including phenoxy) is 2. The van der Waals surface area contributed by atoms with Gasteiger partial charge < -0.3 is 20.1 Å². The average molecular weight is 476 g/mol. The molecule has 148 valence electrons. The third-order valence-corrected chi connectivity index (χ3v) is 5.04. The van der Waals surface area contributed by atoms with Gasteiger partial charge in [0.25, 0.3) is 0 Å². The Morgan fingerprint density at radius 3 is 2.59 bits per heavy atom. The molecule has 0 aliphatic heterocycles. The lowest BCUT2D eigenvalue weighted by Gasteiger charge is -2.16. The van der Waals surface area contributed by atoms with Crippen LogP contribution in [0.15, 0.2) is 34.8 Å². The number of rotatable bonds is 11. The molecule has 0 aromatic heterocycles. The summed E-state index contributed by atoms with van der Waals surface area (Å²) in [7, 11) is 1.96. The summed E-state index contributed by atoms with van der Waals surface area (Å²) >= 11 is 15.8. The minimum atomic E-state index is 0.330. The predicted molar refractivity (Wildman–Crippen MR) is 116 cm³/mol. The van der Waals surface area contributed by atoms with Crippen LogP contribution in [0.25, 0.3) is 0 Å². The summed E-state index contributed by atoms with van der Waals surface area (Å²) in [6.07, 6.45) is 1.08. The minimum Gasteiger partial charge on any atom is -0.490 e. The molecule has 0 spiro atoms. The summed E-state index contributed by atoms with van der Waals surface area (Å²) in [6, 6.07) is 9.43. The van der Waals surface area contributed by atoms with Crippen LogP contribution in [0.3, 0.4) is 0 Å². The van der Waals surface area contributed by atoms with Crippen LogP contribution in [0, 0.1) is 0 Å². The zero-order chi connectivity index (χ0) is 19.6. The van der Waals surface area contributed by atoms with Crippen LogP contribution in [0.1, 0.15) is 24.5 Å². The van der Waals surface area contributed by atoms with Gasteiger partial charge in [0.05, 0.1) is 11.1 Å².